The highest BCUT2D eigenvalue weighted by Crippen LogP contribution is 2.06. The van der Waals surface area contributed by atoms with Crippen molar-refractivity contribution in [2.45, 2.75) is 6.42 Å². The molecular weight excluding hydrogens is 102 g/mol. The summed E-state index contributed by atoms with van der Waals surface area (Å²) in [5.41, 5.74) is 0. The van der Waals surface area contributed by atoms with Gasteiger partial charge in [-0.3, -0.25) is 4.79 Å². The van der Waals surface area contributed by atoms with E-state index in [9.17, 15) is 4.79 Å². The van der Waals surface area contributed by atoms with Crippen molar-refractivity contribution in [3.8, 4) is 0 Å². The highest BCUT2D eigenvalue weighted by Gasteiger charge is 2.21. The van der Waals surface area contributed by atoms with E-state index in [-0.39, 0.29) is 5.91 Å². The van der Waals surface area contributed by atoms with Crippen molar-refractivity contribution in [1.82, 2.24) is 4.90 Å². The van der Waals surface area contributed by atoms with Crippen LogP contribution in [0.2, 0.25) is 0 Å². The number of likely N-dealkylation sites (tertiary alicyclic amines) is 1. The lowest BCUT2D eigenvalue weighted by Crippen LogP contribution is -2.43. The molecule has 0 atom stereocenters. The largest absolute Gasteiger partial charge is 0.338 e. The first-order valence-corrected chi connectivity index (χ1v) is 2.73. The van der Waals surface area contributed by atoms with Crippen molar-refractivity contribution in [3.05, 3.63) is 12.7 Å². The van der Waals surface area contributed by atoms with Crippen LogP contribution in [0.25, 0.3) is 0 Å². The number of β-lactam (4-membered cyclic amide) rings is 1. The Labute approximate surface area is 48.8 Å². The number of rotatable bonds is 2. The number of nitrogens with zero attached hydrogens (tertiary/aromatic N) is 1. The highest BCUT2D eigenvalue weighted by atomic mass is 16.2. The summed E-state index contributed by atoms with van der Waals surface area (Å²) in [5, 5.41) is 0. The smallest absolute Gasteiger partial charge is 0.224 e. The van der Waals surface area contributed by atoms with Gasteiger partial charge < -0.3 is 4.90 Å². The van der Waals surface area contributed by atoms with Crippen molar-refractivity contribution in [1.29, 1.82) is 0 Å². The molecule has 1 heterocycles. The summed E-state index contributed by atoms with van der Waals surface area (Å²) < 4.78 is 0. The zero-order valence-electron chi connectivity index (χ0n) is 4.76. The molecule has 0 radical (unpaired) electrons. The molecule has 44 valence electrons. The first-order valence-electron chi connectivity index (χ1n) is 2.73. The molecule has 1 aliphatic rings. The number of carbonyl (C=O) groups is 1. The number of amides is 1. The summed E-state index contributed by atoms with van der Waals surface area (Å²) in [6.45, 7) is 5.17. The molecule has 0 bridgehead atoms. The zero-order valence-corrected chi connectivity index (χ0v) is 4.76. The summed E-state index contributed by atoms with van der Waals surface area (Å²) in [7, 11) is 0. The molecule has 2 heteroatoms. The van der Waals surface area contributed by atoms with Crippen molar-refractivity contribution in [2.75, 3.05) is 13.1 Å². The fraction of sp³-hybridized carbons (Fsp3) is 0.500. The van der Waals surface area contributed by atoms with Gasteiger partial charge in [0.2, 0.25) is 5.91 Å². The predicted octanol–water partition coefficient (Wildman–Crippen LogP) is 0.405. The minimum atomic E-state index is 0.255. The summed E-state index contributed by atoms with van der Waals surface area (Å²) >= 11 is 0. The molecule has 1 rings (SSSR count). The Morgan fingerprint density at radius 3 is 2.75 bits per heavy atom. The van der Waals surface area contributed by atoms with Crippen LogP contribution in [0, 0.1) is 0 Å². The standard InChI is InChI=1S/C6H9NO/c1-2-4-7-5-3-6(7)8/h2H,1,3-5H2. The van der Waals surface area contributed by atoms with Gasteiger partial charge in [-0.1, -0.05) is 6.08 Å². The summed E-state index contributed by atoms with van der Waals surface area (Å²) in [6.07, 6.45) is 2.48. The number of hydrogen-bond donors (Lipinski definition) is 0. The normalized spacial score (nSPS) is 18.0. The van der Waals surface area contributed by atoms with E-state index in [0.717, 1.165) is 19.5 Å². The second kappa shape index (κ2) is 1.99. The molecule has 2 nitrogen and oxygen atoms in total. The Hall–Kier alpha value is -0.790. The van der Waals surface area contributed by atoms with Gasteiger partial charge in [-0.2, -0.15) is 0 Å². The van der Waals surface area contributed by atoms with Crippen LogP contribution < -0.4 is 0 Å². The molecule has 1 saturated heterocycles. The molecule has 1 fully saturated rings. The van der Waals surface area contributed by atoms with E-state index in [0.29, 0.717) is 0 Å². The van der Waals surface area contributed by atoms with Gasteiger partial charge in [0.05, 0.1) is 0 Å². The number of carbonyl (C=O) groups excluding carboxylic acids is 1. The van der Waals surface area contributed by atoms with Crippen LogP contribution in [0.1, 0.15) is 6.42 Å². The second-order valence-electron chi connectivity index (χ2n) is 1.88. The molecule has 0 aromatic carbocycles. The van der Waals surface area contributed by atoms with Gasteiger partial charge >= 0.3 is 0 Å². The molecule has 0 spiro atoms. The minimum Gasteiger partial charge on any atom is -0.338 e. The predicted molar refractivity (Wildman–Crippen MR) is 31.4 cm³/mol. The van der Waals surface area contributed by atoms with Crippen LogP contribution in [0.3, 0.4) is 0 Å². The Bertz CT molecular complexity index is 120. The van der Waals surface area contributed by atoms with Gasteiger partial charge in [-0.05, 0) is 0 Å². The van der Waals surface area contributed by atoms with Crippen molar-refractivity contribution < 1.29 is 4.79 Å². The lowest BCUT2D eigenvalue weighted by atomic mass is 10.2. The van der Waals surface area contributed by atoms with Crippen LogP contribution in [0.5, 0.6) is 0 Å². The average molecular weight is 111 g/mol. The van der Waals surface area contributed by atoms with E-state index < -0.39 is 0 Å². The molecular formula is C6H9NO. The van der Waals surface area contributed by atoms with Crippen molar-refractivity contribution in [2.24, 2.45) is 0 Å². The maximum Gasteiger partial charge on any atom is 0.224 e. The maximum atomic E-state index is 10.5. The van der Waals surface area contributed by atoms with E-state index in [4.69, 9.17) is 0 Å². The molecule has 0 aromatic rings. The first kappa shape index (κ1) is 5.35. The van der Waals surface area contributed by atoms with Gasteiger partial charge in [0, 0.05) is 19.5 Å². The van der Waals surface area contributed by atoms with Gasteiger partial charge in [-0.15, -0.1) is 6.58 Å². The van der Waals surface area contributed by atoms with Gasteiger partial charge in [-0.25, -0.2) is 0 Å². The SMILES string of the molecule is C=CCN1CCC1=O. The lowest BCUT2D eigenvalue weighted by molar-refractivity contribution is -0.138. The fourth-order valence-electron chi connectivity index (χ4n) is 0.710. The molecule has 0 N–H and O–H groups in total. The number of hydrogen-bond acceptors (Lipinski definition) is 1. The van der Waals surface area contributed by atoms with E-state index in [1.165, 1.54) is 0 Å². The van der Waals surface area contributed by atoms with E-state index >= 15 is 0 Å². The Morgan fingerprint density at radius 2 is 2.62 bits per heavy atom. The fourth-order valence-corrected chi connectivity index (χ4v) is 0.710. The summed E-state index contributed by atoms with van der Waals surface area (Å²) in [4.78, 5) is 12.3. The third-order valence-electron chi connectivity index (χ3n) is 1.30. The van der Waals surface area contributed by atoms with Crippen LogP contribution in [0.4, 0.5) is 0 Å². The first-order chi connectivity index (χ1) is 3.84. The molecule has 0 aliphatic carbocycles. The molecule has 0 saturated carbocycles. The van der Waals surface area contributed by atoms with Crippen LogP contribution in [-0.4, -0.2) is 23.9 Å². The molecule has 1 aliphatic heterocycles. The van der Waals surface area contributed by atoms with E-state index in [2.05, 4.69) is 6.58 Å². The van der Waals surface area contributed by atoms with Gasteiger partial charge in [0.25, 0.3) is 0 Å². The zero-order chi connectivity index (χ0) is 5.98. The third-order valence-corrected chi connectivity index (χ3v) is 1.30. The quantitative estimate of drug-likeness (QED) is 0.373. The Balaban J connectivity index is 2.26. The van der Waals surface area contributed by atoms with Crippen LogP contribution in [0.15, 0.2) is 12.7 Å². The maximum absolute atomic E-state index is 10.5. The monoisotopic (exact) mass is 111 g/mol. The molecule has 0 aromatic heterocycles. The van der Waals surface area contributed by atoms with Gasteiger partial charge in [0.1, 0.15) is 0 Å². The van der Waals surface area contributed by atoms with Crippen LogP contribution in [-0.2, 0) is 4.79 Å². The molecule has 8 heavy (non-hydrogen) atoms. The average Bonchev–Trinajstić information content (AvgIpc) is 1.79. The molecule has 0 unspecified atom stereocenters. The van der Waals surface area contributed by atoms with E-state index in [1.807, 2.05) is 0 Å². The minimum absolute atomic E-state index is 0.255. The summed E-state index contributed by atoms with van der Waals surface area (Å²) in [5.74, 6) is 0.255. The van der Waals surface area contributed by atoms with E-state index in [1.54, 1.807) is 11.0 Å². The second-order valence-corrected chi connectivity index (χ2v) is 1.88. The van der Waals surface area contributed by atoms with Gasteiger partial charge in [0.15, 0.2) is 0 Å². The lowest BCUT2D eigenvalue weighted by Gasteiger charge is -2.28. The molecule has 1 amide bonds. The Morgan fingerprint density at radius 1 is 1.88 bits per heavy atom. The summed E-state index contributed by atoms with van der Waals surface area (Å²) in [6, 6.07) is 0. The van der Waals surface area contributed by atoms with Crippen molar-refractivity contribution in [3.63, 3.8) is 0 Å². The highest BCUT2D eigenvalue weighted by molar-refractivity contribution is 5.81. The topological polar surface area (TPSA) is 20.3 Å². The third kappa shape index (κ3) is 0.735. The Kier molecular flexibility index (Phi) is 1.33. The van der Waals surface area contributed by atoms with Crippen molar-refractivity contribution >= 4 is 5.91 Å². The van der Waals surface area contributed by atoms with Crippen LogP contribution >= 0.6 is 0 Å².